The van der Waals surface area contributed by atoms with Crippen LogP contribution >= 0.6 is 11.6 Å². The fourth-order valence-electron chi connectivity index (χ4n) is 3.78. The molecule has 0 bridgehead atoms. The third-order valence-electron chi connectivity index (χ3n) is 5.40. The first-order valence-electron chi connectivity index (χ1n) is 9.97. The zero-order valence-electron chi connectivity index (χ0n) is 17.9. The molecule has 8 nitrogen and oxygen atoms in total. The highest BCUT2D eigenvalue weighted by Gasteiger charge is 2.37. The topological polar surface area (TPSA) is 109 Å². The first-order valence-corrected chi connectivity index (χ1v) is 10.4. The Kier molecular flexibility index (Phi) is 5.80. The van der Waals surface area contributed by atoms with E-state index in [0.717, 1.165) is 17.0 Å². The third kappa shape index (κ3) is 3.97. The Labute approximate surface area is 197 Å². The Morgan fingerprint density at radius 1 is 1.03 bits per heavy atom. The van der Waals surface area contributed by atoms with Gasteiger partial charge in [-0.15, -0.1) is 0 Å². The van der Waals surface area contributed by atoms with Gasteiger partial charge in [-0.05, 0) is 74.0 Å². The lowest BCUT2D eigenvalue weighted by Crippen LogP contribution is -2.54. The first-order chi connectivity index (χ1) is 16.1. The van der Waals surface area contributed by atoms with E-state index in [1.807, 2.05) is 0 Å². The Hall–Kier alpha value is -4.24. The summed E-state index contributed by atoms with van der Waals surface area (Å²) in [5, 5.41) is 11.6. The number of imide groups is 2. The molecule has 2 heterocycles. The average Bonchev–Trinajstić information content (AvgIpc) is 3.05. The number of carboxylic acids is 1. The number of aromatic nitrogens is 1. The number of aromatic carboxylic acids is 1. The van der Waals surface area contributed by atoms with Crippen molar-refractivity contribution in [2.24, 2.45) is 0 Å². The molecule has 172 valence electrons. The molecule has 0 radical (unpaired) electrons. The van der Waals surface area contributed by atoms with Crippen LogP contribution < -0.4 is 10.2 Å². The second kappa shape index (κ2) is 8.60. The second-order valence-corrected chi connectivity index (χ2v) is 7.97. The van der Waals surface area contributed by atoms with Gasteiger partial charge < -0.3 is 9.67 Å². The van der Waals surface area contributed by atoms with Crippen LogP contribution in [-0.2, 0) is 9.59 Å². The molecule has 34 heavy (non-hydrogen) atoms. The predicted octanol–water partition coefficient (Wildman–Crippen LogP) is 4.25. The number of carbonyl (C=O) groups is 4. The smallest absolute Gasteiger partial charge is 0.337 e. The van der Waals surface area contributed by atoms with Crippen LogP contribution in [0.4, 0.5) is 14.9 Å². The zero-order valence-corrected chi connectivity index (χ0v) is 18.7. The summed E-state index contributed by atoms with van der Waals surface area (Å²) in [6, 6.07) is 10.0. The molecule has 4 rings (SSSR count). The summed E-state index contributed by atoms with van der Waals surface area (Å²) >= 11 is 5.97. The van der Waals surface area contributed by atoms with Crippen molar-refractivity contribution in [2.75, 3.05) is 4.90 Å². The maximum Gasteiger partial charge on any atom is 0.337 e. The number of rotatable bonds is 4. The van der Waals surface area contributed by atoms with Crippen LogP contribution in [0.2, 0.25) is 5.02 Å². The molecule has 1 aliphatic heterocycles. The normalized spacial score (nSPS) is 15.1. The second-order valence-electron chi connectivity index (χ2n) is 7.57. The largest absolute Gasteiger partial charge is 0.478 e. The summed E-state index contributed by atoms with van der Waals surface area (Å²) in [5.41, 5.74) is 2.12. The number of carbonyl (C=O) groups excluding carboxylic acids is 3. The SMILES string of the molecule is Cc1cc(/C=C2\C(=O)NC(=O)N(c3ccc(F)cc3)C2=O)c(C)n1-c1ccc(Cl)c(C(=O)O)c1. The van der Waals surface area contributed by atoms with E-state index in [9.17, 15) is 28.7 Å². The number of hydrogen-bond acceptors (Lipinski definition) is 4. The van der Waals surface area contributed by atoms with Crippen molar-refractivity contribution >= 4 is 47.2 Å². The molecule has 1 aromatic heterocycles. The predicted molar refractivity (Wildman–Crippen MR) is 123 cm³/mol. The number of urea groups is 1. The van der Waals surface area contributed by atoms with Crippen molar-refractivity contribution < 1.29 is 28.7 Å². The number of amides is 4. The fourth-order valence-corrected chi connectivity index (χ4v) is 3.98. The molecular weight excluding hydrogens is 465 g/mol. The fraction of sp³-hybridized carbons (Fsp3) is 0.0833. The number of aryl methyl sites for hydroxylation is 1. The molecule has 4 amide bonds. The van der Waals surface area contributed by atoms with E-state index in [2.05, 4.69) is 5.32 Å². The summed E-state index contributed by atoms with van der Waals surface area (Å²) in [5.74, 6) is -3.43. The van der Waals surface area contributed by atoms with Gasteiger partial charge in [-0.1, -0.05) is 11.6 Å². The van der Waals surface area contributed by atoms with Crippen molar-refractivity contribution in [3.63, 3.8) is 0 Å². The lowest BCUT2D eigenvalue weighted by Gasteiger charge is -2.26. The van der Waals surface area contributed by atoms with Crippen LogP contribution in [0.3, 0.4) is 0 Å². The Morgan fingerprint density at radius 3 is 2.32 bits per heavy atom. The number of benzene rings is 2. The highest BCUT2D eigenvalue weighted by molar-refractivity contribution is 6.39. The highest BCUT2D eigenvalue weighted by Crippen LogP contribution is 2.28. The quantitative estimate of drug-likeness (QED) is 0.427. The summed E-state index contributed by atoms with van der Waals surface area (Å²) in [4.78, 5) is 50.1. The van der Waals surface area contributed by atoms with Gasteiger partial charge in [-0.3, -0.25) is 14.9 Å². The molecule has 2 N–H and O–H groups in total. The Morgan fingerprint density at radius 2 is 1.68 bits per heavy atom. The lowest BCUT2D eigenvalue weighted by atomic mass is 10.1. The zero-order chi connectivity index (χ0) is 24.7. The number of halogens is 2. The van der Waals surface area contributed by atoms with Crippen molar-refractivity contribution in [3.05, 3.63) is 87.5 Å². The summed E-state index contributed by atoms with van der Waals surface area (Å²) < 4.78 is 15.0. The summed E-state index contributed by atoms with van der Waals surface area (Å²) in [6.45, 7) is 3.52. The van der Waals surface area contributed by atoms with Crippen LogP contribution in [-0.4, -0.2) is 33.5 Å². The van der Waals surface area contributed by atoms with E-state index in [-0.39, 0.29) is 21.8 Å². The molecule has 1 saturated heterocycles. The van der Waals surface area contributed by atoms with Gasteiger partial charge in [0.15, 0.2) is 0 Å². The average molecular weight is 482 g/mol. The number of barbiturate groups is 1. The van der Waals surface area contributed by atoms with Gasteiger partial charge in [0, 0.05) is 17.1 Å². The van der Waals surface area contributed by atoms with Crippen LogP contribution in [0.5, 0.6) is 0 Å². The molecule has 0 aliphatic carbocycles. The van der Waals surface area contributed by atoms with Gasteiger partial charge in [-0.2, -0.15) is 0 Å². The monoisotopic (exact) mass is 481 g/mol. The number of nitrogens with one attached hydrogen (secondary N) is 1. The Bertz CT molecular complexity index is 1410. The molecule has 0 saturated carbocycles. The van der Waals surface area contributed by atoms with Gasteiger partial charge >= 0.3 is 12.0 Å². The molecule has 0 unspecified atom stereocenters. The molecular formula is C24H17ClFN3O5. The van der Waals surface area contributed by atoms with Crippen molar-refractivity contribution in [2.45, 2.75) is 13.8 Å². The minimum absolute atomic E-state index is 0.0677. The summed E-state index contributed by atoms with van der Waals surface area (Å²) in [7, 11) is 0. The number of hydrogen-bond donors (Lipinski definition) is 2. The standard InChI is InChI=1S/C24H17ClFN3O5/c1-12-9-14(13(2)28(12)17-7-8-20(25)18(11-17)23(32)33)10-19-21(30)27-24(34)29(22(19)31)16-5-3-15(26)4-6-16/h3-11H,1-2H3,(H,32,33)(H,27,30,34)/b19-10+. The number of nitrogens with zero attached hydrogens (tertiary/aromatic N) is 2. The third-order valence-corrected chi connectivity index (χ3v) is 5.72. The Balaban J connectivity index is 1.77. The van der Waals surface area contributed by atoms with Gasteiger partial charge in [-0.25, -0.2) is 18.9 Å². The molecule has 2 aromatic carbocycles. The van der Waals surface area contributed by atoms with E-state index < -0.39 is 29.6 Å². The molecule has 0 atom stereocenters. The minimum Gasteiger partial charge on any atom is -0.478 e. The van der Waals surface area contributed by atoms with Gasteiger partial charge in [0.25, 0.3) is 11.8 Å². The molecule has 0 spiro atoms. The van der Waals surface area contributed by atoms with E-state index in [1.165, 1.54) is 30.3 Å². The van der Waals surface area contributed by atoms with E-state index >= 15 is 0 Å². The van der Waals surface area contributed by atoms with Crippen molar-refractivity contribution in [1.29, 1.82) is 0 Å². The molecule has 1 fully saturated rings. The van der Waals surface area contributed by atoms with E-state index in [0.29, 0.717) is 22.6 Å². The summed E-state index contributed by atoms with van der Waals surface area (Å²) in [6.07, 6.45) is 1.35. The van der Waals surface area contributed by atoms with E-state index in [4.69, 9.17) is 11.6 Å². The van der Waals surface area contributed by atoms with Crippen molar-refractivity contribution in [3.8, 4) is 5.69 Å². The lowest BCUT2D eigenvalue weighted by molar-refractivity contribution is -0.122. The van der Waals surface area contributed by atoms with Crippen LogP contribution in [0, 0.1) is 19.7 Å². The minimum atomic E-state index is -1.17. The van der Waals surface area contributed by atoms with Gasteiger partial charge in [0.1, 0.15) is 11.4 Å². The number of anilines is 1. The van der Waals surface area contributed by atoms with Gasteiger partial charge in [0.05, 0.1) is 16.3 Å². The van der Waals surface area contributed by atoms with E-state index in [1.54, 1.807) is 30.5 Å². The van der Waals surface area contributed by atoms with Crippen LogP contribution in [0.25, 0.3) is 11.8 Å². The van der Waals surface area contributed by atoms with Crippen LogP contribution in [0.1, 0.15) is 27.3 Å². The highest BCUT2D eigenvalue weighted by atomic mass is 35.5. The molecule has 10 heteroatoms. The van der Waals surface area contributed by atoms with Crippen molar-refractivity contribution in [1.82, 2.24) is 9.88 Å². The molecule has 3 aromatic rings. The maximum atomic E-state index is 13.3. The number of carboxylic acid groups (broad SMARTS) is 1. The van der Waals surface area contributed by atoms with Gasteiger partial charge in [0.2, 0.25) is 0 Å². The molecule has 1 aliphatic rings. The maximum absolute atomic E-state index is 13.3. The van der Waals surface area contributed by atoms with Crippen LogP contribution in [0.15, 0.2) is 54.1 Å². The first kappa shape index (κ1) is 22.9.